The Kier molecular flexibility index (Phi) is 6.00. The summed E-state index contributed by atoms with van der Waals surface area (Å²) >= 11 is 0. The summed E-state index contributed by atoms with van der Waals surface area (Å²) in [6, 6.07) is 13.6. The SMILES string of the molecule is CC(C)CCn1c(CCCNC(=O)c2ccccn2)nc2ccccc21. The maximum absolute atomic E-state index is 12.0. The zero-order valence-electron chi connectivity index (χ0n) is 15.5. The van der Waals surface area contributed by atoms with Crippen LogP contribution >= 0.6 is 0 Å². The van der Waals surface area contributed by atoms with Crippen molar-refractivity contribution in [2.75, 3.05) is 6.54 Å². The number of hydrogen-bond acceptors (Lipinski definition) is 3. The van der Waals surface area contributed by atoms with Crippen LogP contribution < -0.4 is 5.32 Å². The van der Waals surface area contributed by atoms with Crippen LogP contribution in [0.15, 0.2) is 48.7 Å². The van der Waals surface area contributed by atoms with E-state index in [1.807, 2.05) is 12.1 Å². The average Bonchev–Trinajstić information content (AvgIpc) is 3.01. The molecule has 3 rings (SSSR count). The lowest BCUT2D eigenvalue weighted by Crippen LogP contribution is -2.25. The second-order valence-corrected chi connectivity index (χ2v) is 6.93. The Labute approximate surface area is 154 Å². The number of para-hydroxylation sites is 2. The van der Waals surface area contributed by atoms with Crippen LogP contribution in [0, 0.1) is 5.92 Å². The first-order valence-corrected chi connectivity index (χ1v) is 9.28. The fraction of sp³-hybridized carbons (Fsp3) is 0.381. The van der Waals surface area contributed by atoms with Crippen molar-refractivity contribution in [2.45, 2.75) is 39.7 Å². The van der Waals surface area contributed by atoms with E-state index in [0.29, 0.717) is 18.2 Å². The number of pyridine rings is 1. The summed E-state index contributed by atoms with van der Waals surface area (Å²) < 4.78 is 2.33. The fourth-order valence-corrected chi connectivity index (χ4v) is 2.99. The van der Waals surface area contributed by atoms with Gasteiger partial charge >= 0.3 is 0 Å². The zero-order valence-corrected chi connectivity index (χ0v) is 15.5. The van der Waals surface area contributed by atoms with Crippen LogP contribution in [0.4, 0.5) is 0 Å². The second-order valence-electron chi connectivity index (χ2n) is 6.93. The van der Waals surface area contributed by atoms with E-state index in [1.54, 1.807) is 18.3 Å². The predicted octanol–water partition coefficient (Wildman–Crippen LogP) is 3.84. The quantitative estimate of drug-likeness (QED) is 0.628. The molecule has 2 heterocycles. The number of rotatable bonds is 8. The standard InChI is InChI=1S/C21H26N4O/c1-16(2)12-15-25-19-10-4-3-8-17(19)24-20(25)11-7-14-23-21(26)18-9-5-6-13-22-18/h3-6,8-10,13,16H,7,11-12,14-15H2,1-2H3,(H,23,26). The van der Waals surface area contributed by atoms with E-state index >= 15 is 0 Å². The molecule has 0 fully saturated rings. The Hall–Kier alpha value is -2.69. The monoisotopic (exact) mass is 350 g/mol. The van der Waals surface area contributed by atoms with Crippen molar-refractivity contribution < 1.29 is 4.79 Å². The van der Waals surface area contributed by atoms with Gasteiger partial charge in [0.15, 0.2) is 0 Å². The Balaban J connectivity index is 1.61. The predicted molar refractivity (Wildman–Crippen MR) is 104 cm³/mol. The van der Waals surface area contributed by atoms with Crippen molar-refractivity contribution in [2.24, 2.45) is 5.92 Å². The van der Waals surface area contributed by atoms with Crippen molar-refractivity contribution in [1.82, 2.24) is 19.9 Å². The molecule has 0 aliphatic heterocycles. The second kappa shape index (κ2) is 8.61. The molecule has 0 atom stereocenters. The van der Waals surface area contributed by atoms with E-state index in [1.165, 1.54) is 5.52 Å². The minimum Gasteiger partial charge on any atom is -0.351 e. The Morgan fingerprint density at radius 3 is 2.73 bits per heavy atom. The van der Waals surface area contributed by atoms with Crippen LogP contribution in [-0.2, 0) is 13.0 Å². The van der Waals surface area contributed by atoms with Crippen molar-refractivity contribution in [3.8, 4) is 0 Å². The topological polar surface area (TPSA) is 59.8 Å². The number of hydrogen-bond donors (Lipinski definition) is 1. The number of carbonyl (C=O) groups excluding carboxylic acids is 1. The summed E-state index contributed by atoms with van der Waals surface area (Å²) in [7, 11) is 0. The lowest BCUT2D eigenvalue weighted by atomic mass is 10.1. The van der Waals surface area contributed by atoms with E-state index in [0.717, 1.165) is 37.1 Å². The number of benzene rings is 1. The molecule has 0 spiro atoms. The van der Waals surface area contributed by atoms with Crippen LogP contribution in [0.1, 0.15) is 43.0 Å². The molecule has 0 radical (unpaired) electrons. The van der Waals surface area contributed by atoms with Crippen LogP contribution in [0.3, 0.4) is 0 Å². The highest BCUT2D eigenvalue weighted by Crippen LogP contribution is 2.18. The van der Waals surface area contributed by atoms with E-state index < -0.39 is 0 Å². The number of aromatic nitrogens is 3. The van der Waals surface area contributed by atoms with E-state index in [-0.39, 0.29) is 5.91 Å². The molecule has 1 amide bonds. The van der Waals surface area contributed by atoms with Gasteiger partial charge in [-0.05, 0) is 43.0 Å². The molecule has 0 bridgehead atoms. The maximum atomic E-state index is 12.0. The van der Waals surface area contributed by atoms with E-state index in [9.17, 15) is 4.79 Å². The lowest BCUT2D eigenvalue weighted by Gasteiger charge is -2.11. The molecule has 26 heavy (non-hydrogen) atoms. The first-order chi connectivity index (χ1) is 12.6. The van der Waals surface area contributed by atoms with Gasteiger partial charge in [-0.2, -0.15) is 0 Å². The van der Waals surface area contributed by atoms with Crippen molar-refractivity contribution in [3.05, 3.63) is 60.2 Å². The Bertz CT molecular complexity index is 855. The Morgan fingerprint density at radius 1 is 1.15 bits per heavy atom. The van der Waals surface area contributed by atoms with Crippen LogP contribution in [0.25, 0.3) is 11.0 Å². The summed E-state index contributed by atoms with van der Waals surface area (Å²) in [5, 5.41) is 2.93. The molecule has 0 unspecified atom stereocenters. The van der Waals surface area contributed by atoms with Gasteiger partial charge in [-0.1, -0.05) is 32.0 Å². The summed E-state index contributed by atoms with van der Waals surface area (Å²) in [5.74, 6) is 1.62. The third-order valence-electron chi connectivity index (χ3n) is 4.42. The molecule has 5 heteroatoms. The van der Waals surface area contributed by atoms with Crippen LogP contribution in [0.2, 0.25) is 0 Å². The van der Waals surface area contributed by atoms with Gasteiger partial charge < -0.3 is 9.88 Å². The van der Waals surface area contributed by atoms with E-state index in [2.05, 4.69) is 46.9 Å². The smallest absolute Gasteiger partial charge is 0.269 e. The Morgan fingerprint density at radius 2 is 1.96 bits per heavy atom. The van der Waals surface area contributed by atoms with E-state index in [4.69, 9.17) is 4.98 Å². The van der Waals surface area contributed by atoms with Crippen molar-refractivity contribution >= 4 is 16.9 Å². The van der Waals surface area contributed by atoms with Gasteiger partial charge in [-0.15, -0.1) is 0 Å². The number of carbonyl (C=O) groups is 1. The van der Waals surface area contributed by atoms with Gasteiger partial charge in [0.1, 0.15) is 11.5 Å². The number of aryl methyl sites for hydroxylation is 2. The molecular formula is C21H26N4O. The number of nitrogens with zero attached hydrogens (tertiary/aromatic N) is 3. The normalized spacial score (nSPS) is 11.2. The minimum atomic E-state index is -0.126. The van der Waals surface area contributed by atoms with Crippen molar-refractivity contribution in [1.29, 1.82) is 0 Å². The third-order valence-corrected chi connectivity index (χ3v) is 4.42. The highest BCUT2D eigenvalue weighted by atomic mass is 16.1. The van der Waals surface area contributed by atoms with Gasteiger partial charge in [0.05, 0.1) is 11.0 Å². The largest absolute Gasteiger partial charge is 0.351 e. The third kappa shape index (κ3) is 4.48. The van der Waals surface area contributed by atoms with Gasteiger partial charge in [0.2, 0.25) is 0 Å². The van der Waals surface area contributed by atoms with Gasteiger partial charge in [0, 0.05) is 25.7 Å². The van der Waals surface area contributed by atoms with Gasteiger partial charge in [-0.3, -0.25) is 9.78 Å². The fourth-order valence-electron chi connectivity index (χ4n) is 2.99. The molecule has 5 nitrogen and oxygen atoms in total. The minimum absolute atomic E-state index is 0.126. The molecule has 0 aliphatic rings. The number of fused-ring (bicyclic) bond motifs is 1. The summed E-state index contributed by atoms with van der Waals surface area (Å²) in [6.45, 7) is 6.08. The van der Waals surface area contributed by atoms with Gasteiger partial charge in [0.25, 0.3) is 5.91 Å². The number of amides is 1. The average molecular weight is 350 g/mol. The molecule has 0 saturated heterocycles. The zero-order chi connectivity index (χ0) is 18.4. The van der Waals surface area contributed by atoms with Crippen molar-refractivity contribution in [3.63, 3.8) is 0 Å². The molecule has 1 aromatic carbocycles. The molecule has 1 N–H and O–H groups in total. The molecule has 2 aromatic heterocycles. The molecule has 0 saturated carbocycles. The molecule has 3 aromatic rings. The first-order valence-electron chi connectivity index (χ1n) is 9.28. The summed E-state index contributed by atoms with van der Waals surface area (Å²) in [6.07, 6.45) is 4.45. The first kappa shape index (κ1) is 18.1. The summed E-state index contributed by atoms with van der Waals surface area (Å²) in [5.41, 5.74) is 2.70. The maximum Gasteiger partial charge on any atom is 0.269 e. The highest BCUT2D eigenvalue weighted by Gasteiger charge is 2.11. The molecule has 0 aliphatic carbocycles. The lowest BCUT2D eigenvalue weighted by molar-refractivity contribution is 0.0948. The number of imidazole rings is 1. The van der Waals surface area contributed by atoms with Crippen LogP contribution in [-0.4, -0.2) is 27.0 Å². The van der Waals surface area contributed by atoms with Gasteiger partial charge in [-0.25, -0.2) is 4.98 Å². The number of nitrogens with one attached hydrogen (secondary N) is 1. The highest BCUT2D eigenvalue weighted by molar-refractivity contribution is 5.92. The molecule has 136 valence electrons. The van der Waals surface area contributed by atoms with Crippen LogP contribution in [0.5, 0.6) is 0 Å². The molecular weight excluding hydrogens is 324 g/mol. The summed E-state index contributed by atoms with van der Waals surface area (Å²) in [4.78, 5) is 20.9.